The van der Waals surface area contributed by atoms with Crippen LogP contribution in [0, 0.1) is 12.3 Å². The van der Waals surface area contributed by atoms with E-state index in [0.29, 0.717) is 11.4 Å². The van der Waals surface area contributed by atoms with Gasteiger partial charge in [-0.1, -0.05) is 31.5 Å². The molecule has 108 valence electrons. The maximum atomic E-state index is 12.9. The van der Waals surface area contributed by atoms with E-state index in [2.05, 4.69) is 13.8 Å². The fraction of sp³-hybridized carbons (Fsp3) is 0.500. The lowest BCUT2D eigenvalue weighted by molar-refractivity contribution is 0.231. The van der Waals surface area contributed by atoms with Crippen molar-refractivity contribution in [3.63, 3.8) is 0 Å². The molecule has 3 nitrogen and oxygen atoms in total. The lowest BCUT2D eigenvalue weighted by Gasteiger charge is -2.45. The van der Waals surface area contributed by atoms with Crippen LogP contribution in [-0.4, -0.2) is 19.3 Å². The van der Waals surface area contributed by atoms with Crippen LogP contribution >= 0.6 is 0 Å². The normalized spacial score (nSPS) is 21.4. The van der Waals surface area contributed by atoms with Gasteiger partial charge in [-0.05, 0) is 49.3 Å². The van der Waals surface area contributed by atoms with E-state index in [1.807, 2.05) is 19.1 Å². The highest BCUT2D eigenvalue weighted by Crippen LogP contribution is 2.46. The molecule has 0 atom stereocenters. The molecule has 1 aliphatic carbocycles. The van der Waals surface area contributed by atoms with Crippen molar-refractivity contribution < 1.29 is 8.42 Å². The summed E-state index contributed by atoms with van der Waals surface area (Å²) in [5, 5.41) is 0. The van der Waals surface area contributed by atoms with Gasteiger partial charge in [0.15, 0.2) is 0 Å². The Morgan fingerprint density at radius 2 is 1.75 bits per heavy atom. The number of sulfonamides is 1. The average Bonchev–Trinajstić information content (AvgIpc) is 2.33. The largest absolute Gasteiger partial charge is 0.270 e. The molecule has 0 fully saturated rings. The highest BCUT2D eigenvalue weighted by Gasteiger charge is 2.41. The Hall–Kier alpha value is -1.29. The third kappa shape index (κ3) is 2.16. The van der Waals surface area contributed by atoms with Crippen molar-refractivity contribution in [3.8, 4) is 0 Å². The quantitative estimate of drug-likeness (QED) is 0.836. The second-order valence-corrected chi connectivity index (χ2v) is 8.58. The van der Waals surface area contributed by atoms with Gasteiger partial charge in [-0.25, -0.2) is 8.42 Å². The van der Waals surface area contributed by atoms with Gasteiger partial charge in [0, 0.05) is 12.2 Å². The fourth-order valence-corrected chi connectivity index (χ4v) is 4.85. The van der Waals surface area contributed by atoms with E-state index in [1.165, 1.54) is 5.57 Å². The van der Waals surface area contributed by atoms with E-state index in [1.54, 1.807) is 16.4 Å². The minimum atomic E-state index is -3.41. The first kappa shape index (κ1) is 13.7. The molecular weight excluding hydrogens is 270 g/mol. The van der Waals surface area contributed by atoms with Crippen molar-refractivity contribution in [2.24, 2.45) is 5.41 Å². The lowest BCUT2D eigenvalue weighted by atomic mass is 9.75. The van der Waals surface area contributed by atoms with Crippen LogP contribution in [0.3, 0.4) is 0 Å². The number of nitrogens with zero attached hydrogens (tertiary/aromatic N) is 1. The van der Waals surface area contributed by atoms with Crippen LogP contribution in [0.15, 0.2) is 40.4 Å². The maximum absolute atomic E-state index is 12.9. The molecular formula is C16H21NO2S. The first-order chi connectivity index (χ1) is 9.29. The molecule has 1 heterocycles. The first-order valence-corrected chi connectivity index (χ1v) is 8.54. The lowest BCUT2D eigenvalue weighted by Crippen LogP contribution is -2.45. The second-order valence-electron chi connectivity index (χ2n) is 6.72. The van der Waals surface area contributed by atoms with Crippen LogP contribution in [-0.2, 0) is 10.0 Å². The fourth-order valence-electron chi connectivity index (χ4n) is 3.09. The molecule has 0 unspecified atom stereocenters. The Bertz CT molecular complexity index is 669. The topological polar surface area (TPSA) is 37.4 Å². The second kappa shape index (κ2) is 4.35. The molecule has 0 amide bonds. The molecule has 1 aliphatic heterocycles. The van der Waals surface area contributed by atoms with Gasteiger partial charge in [0.05, 0.1) is 4.90 Å². The summed E-state index contributed by atoms with van der Waals surface area (Å²) in [4.78, 5) is 0.402. The van der Waals surface area contributed by atoms with E-state index in [-0.39, 0.29) is 5.41 Å². The molecule has 3 rings (SSSR count). The predicted octanol–water partition coefficient (Wildman–Crippen LogP) is 3.46. The van der Waals surface area contributed by atoms with Crippen molar-refractivity contribution >= 4 is 10.0 Å². The van der Waals surface area contributed by atoms with Crippen molar-refractivity contribution in [2.45, 2.75) is 44.9 Å². The third-order valence-electron chi connectivity index (χ3n) is 4.25. The molecule has 2 aliphatic rings. The zero-order valence-corrected chi connectivity index (χ0v) is 13.1. The van der Waals surface area contributed by atoms with Crippen LogP contribution in [0.25, 0.3) is 0 Å². The number of rotatable bonds is 2. The molecule has 1 aromatic carbocycles. The molecule has 0 radical (unpaired) electrons. The van der Waals surface area contributed by atoms with Gasteiger partial charge >= 0.3 is 0 Å². The number of allylic oxidation sites excluding steroid dienone is 2. The number of hydrogen-bond acceptors (Lipinski definition) is 2. The van der Waals surface area contributed by atoms with Crippen LogP contribution in [0.1, 0.15) is 38.7 Å². The third-order valence-corrected chi connectivity index (χ3v) is 6.04. The summed E-state index contributed by atoms with van der Waals surface area (Å²) in [7, 11) is -3.41. The van der Waals surface area contributed by atoms with Gasteiger partial charge < -0.3 is 0 Å². The van der Waals surface area contributed by atoms with E-state index < -0.39 is 10.0 Å². The van der Waals surface area contributed by atoms with E-state index >= 15 is 0 Å². The Morgan fingerprint density at radius 3 is 2.30 bits per heavy atom. The van der Waals surface area contributed by atoms with Crippen molar-refractivity contribution in [1.29, 1.82) is 0 Å². The molecule has 0 saturated heterocycles. The average molecular weight is 291 g/mol. The summed E-state index contributed by atoms with van der Waals surface area (Å²) in [5.41, 5.74) is 3.48. The molecule has 0 N–H and O–H groups in total. The Balaban J connectivity index is 2.03. The molecule has 4 heteroatoms. The molecule has 0 aromatic heterocycles. The van der Waals surface area contributed by atoms with Gasteiger partial charge in [0.25, 0.3) is 10.0 Å². The summed E-state index contributed by atoms with van der Waals surface area (Å²) in [6.45, 7) is 6.84. The van der Waals surface area contributed by atoms with Crippen LogP contribution in [0.4, 0.5) is 0 Å². The Morgan fingerprint density at radius 1 is 1.10 bits per heavy atom. The van der Waals surface area contributed by atoms with Crippen LogP contribution < -0.4 is 0 Å². The number of benzene rings is 1. The molecule has 1 aromatic rings. The highest BCUT2D eigenvalue weighted by atomic mass is 32.2. The predicted molar refractivity (Wildman–Crippen MR) is 79.7 cm³/mol. The molecule has 0 bridgehead atoms. The summed E-state index contributed by atoms with van der Waals surface area (Å²) < 4.78 is 27.4. The maximum Gasteiger partial charge on any atom is 0.264 e. The zero-order chi connectivity index (χ0) is 14.5. The Kier molecular flexibility index (Phi) is 2.98. The molecule has 20 heavy (non-hydrogen) atoms. The summed E-state index contributed by atoms with van der Waals surface area (Å²) >= 11 is 0. The smallest absolute Gasteiger partial charge is 0.264 e. The minimum absolute atomic E-state index is 0.0248. The number of hydrogen-bond donors (Lipinski definition) is 0. The van der Waals surface area contributed by atoms with Crippen LogP contribution in [0.2, 0.25) is 0 Å². The number of aryl methyl sites for hydroxylation is 1. The Labute approximate surface area is 121 Å². The summed E-state index contributed by atoms with van der Waals surface area (Å²) in [6, 6.07) is 7.15. The van der Waals surface area contributed by atoms with Gasteiger partial charge in [-0.15, -0.1) is 0 Å². The van der Waals surface area contributed by atoms with Crippen molar-refractivity contribution in [1.82, 2.24) is 4.31 Å². The highest BCUT2D eigenvalue weighted by molar-refractivity contribution is 7.89. The summed E-state index contributed by atoms with van der Waals surface area (Å²) in [6.07, 6.45) is 2.98. The standard InChI is InChI=1S/C16H21NO2S/c1-12-4-7-14(8-5-12)20(18,19)17-11-16(2,3)10-13-6-9-15(13)17/h4-5,7-8H,6,9-11H2,1-3H3. The monoisotopic (exact) mass is 291 g/mol. The molecule has 0 saturated carbocycles. The van der Waals surface area contributed by atoms with Gasteiger partial charge in [0.2, 0.25) is 0 Å². The van der Waals surface area contributed by atoms with Crippen molar-refractivity contribution in [2.75, 3.05) is 6.54 Å². The SMILES string of the molecule is Cc1ccc(S(=O)(=O)N2CC(C)(C)CC3=C2CC3)cc1. The van der Waals surface area contributed by atoms with Crippen molar-refractivity contribution in [3.05, 3.63) is 41.1 Å². The first-order valence-electron chi connectivity index (χ1n) is 7.10. The van der Waals surface area contributed by atoms with Gasteiger partial charge in [-0.2, -0.15) is 0 Å². The van der Waals surface area contributed by atoms with E-state index in [4.69, 9.17) is 0 Å². The zero-order valence-electron chi connectivity index (χ0n) is 12.3. The van der Waals surface area contributed by atoms with Gasteiger partial charge in [0.1, 0.15) is 0 Å². The van der Waals surface area contributed by atoms with Crippen LogP contribution in [0.5, 0.6) is 0 Å². The van der Waals surface area contributed by atoms with E-state index in [9.17, 15) is 8.42 Å². The minimum Gasteiger partial charge on any atom is -0.270 e. The summed E-state index contributed by atoms with van der Waals surface area (Å²) in [5.74, 6) is 0. The van der Waals surface area contributed by atoms with Gasteiger partial charge in [-0.3, -0.25) is 4.31 Å². The molecule has 0 spiro atoms. The van der Waals surface area contributed by atoms with E-state index in [0.717, 1.165) is 30.5 Å².